The van der Waals surface area contributed by atoms with E-state index in [1.165, 1.54) is 19.3 Å². The third-order valence-electron chi connectivity index (χ3n) is 3.14. The van der Waals surface area contributed by atoms with Gasteiger partial charge in [0, 0.05) is 11.7 Å². The van der Waals surface area contributed by atoms with Crippen molar-refractivity contribution >= 4 is 5.91 Å². The first-order valence-corrected chi connectivity index (χ1v) is 6.28. The van der Waals surface area contributed by atoms with Crippen LogP contribution in [0.1, 0.15) is 54.1 Å². The molecule has 2 rings (SSSR count). The van der Waals surface area contributed by atoms with Gasteiger partial charge in [0.25, 0.3) is 5.91 Å². The van der Waals surface area contributed by atoms with Gasteiger partial charge in [-0.2, -0.15) is 0 Å². The third-order valence-corrected chi connectivity index (χ3v) is 3.14. The van der Waals surface area contributed by atoms with Crippen LogP contribution < -0.4 is 5.32 Å². The van der Waals surface area contributed by atoms with E-state index in [9.17, 15) is 4.79 Å². The molecule has 1 aromatic heterocycles. The number of hydrogen-bond donors (Lipinski definition) is 1. The number of hydrogen-bond acceptors (Lipinski definition) is 3. The highest BCUT2D eigenvalue weighted by atomic mass is 16.1. The first kappa shape index (κ1) is 12.0. The van der Waals surface area contributed by atoms with Crippen LogP contribution >= 0.6 is 0 Å². The van der Waals surface area contributed by atoms with Gasteiger partial charge in [-0.25, -0.2) is 9.97 Å². The predicted octanol–water partition coefficient (Wildman–Crippen LogP) is 2.16. The number of rotatable bonds is 2. The molecule has 1 N–H and O–H groups in total. The maximum atomic E-state index is 12.0. The summed E-state index contributed by atoms with van der Waals surface area (Å²) < 4.78 is 0. The molecule has 1 fully saturated rings. The van der Waals surface area contributed by atoms with Crippen LogP contribution in [-0.2, 0) is 0 Å². The minimum Gasteiger partial charge on any atom is -0.348 e. The summed E-state index contributed by atoms with van der Waals surface area (Å²) in [5.41, 5.74) is 1.33. The van der Waals surface area contributed by atoms with Gasteiger partial charge in [-0.15, -0.1) is 0 Å². The molecule has 1 aliphatic rings. The molecule has 0 saturated heterocycles. The van der Waals surface area contributed by atoms with E-state index in [0.29, 0.717) is 17.6 Å². The summed E-state index contributed by atoms with van der Waals surface area (Å²) >= 11 is 0. The van der Waals surface area contributed by atoms with Gasteiger partial charge >= 0.3 is 0 Å². The molecule has 0 radical (unpaired) electrons. The number of aromatic nitrogens is 2. The van der Waals surface area contributed by atoms with Crippen LogP contribution in [0.2, 0.25) is 0 Å². The molecule has 1 aliphatic carbocycles. The summed E-state index contributed by atoms with van der Waals surface area (Å²) in [5, 5.41) is 3.06. The first-order valence-electron chi connectivity index (χ1n) is 6.28. The highest BCUT2D eigenvalue weighted by Crippen LogP contribution is 2.17. The largest absolute Gasteiger partial charge is 0.348 e. The van der Waals surface area contributed by atoms with E-state index in [1.807, 2.05) is 13.8 Å². The Hall–Kier alpha value is -1.45. The summed E-state index contributed by atoms with van der Waals surface area (Å²) in [6.45, 7) is 3.69. The molecule has 0 bridgehead atoms. The van der Waals surface area contributed by atoms with Crippen molar-refractivity contribution in [3.8, 4) is 0 Å². The monoisotopic (exact) mass is 233 g/mol. The zero-order valence-electron chi connectivity index (χ0n) is 10.5. The van der Waals surface area contributed by atoms with Crippen LogP contribution in [-0.4, -0.2) is 21.9 Å². The molecule has 92 valence electrons. The number of aryl methyl sites for hydroxylation is 2. The Kier molecular flexibility index (Phi) is 3.71. The van der Waals surface area contributed by atoms with Crippen LogP contribution in [0, 0.1) is 13.8 Å². The van der Waals surface area contributed by atoms with E-state index in [1.54, 1.807) is 6.07 Å². The fraction of sp³-hybridized carbons (Fsp3) is 0.615. The molecule has 4 nitrogen and oxygen atoms in total. The molecule has 4 heteroatoms. The average molecular weight is 233 g/mol. The molecule has 1 heterocycles. The number of amides is 1. The van der Waals surface area contributed by atoms with Gasteiger partial charge in [0.05, 0.1) is 0 Å². The standard InChI is InChI=1S/C13H19N3O/c1-9-8-12(15-10(2)14-9)13(17)16-11-6-4-3-5-7-11/h8,11H,3-7H2,1-2H3,(H,16,17). The van der Waals surface area contributed by atoms with E-state index in [-0.39, 0.29) is 5.91 Å². The third kappa shape index (κ3) is 3.25. The van der Waals surface area contributed by atoms with Crippen LogP contribution in [0.4, 0.5) is 0 Å². The highest BCUT2D eigenvalue weighted by molar-refractivity contribution is 5.92. The summed E-state index contributed by atoms with van der Waals surface area (Å²) in [4.78, 5) is 20.4. The molecule has 0 aliphatic heterocycles. The number of carbonyl (C=O) groups is 1. The Labute approximate surface area is 102 Å². The fourth-order valence-electron chi connectivity index (χ4n) is 2.34. The summed E-state index contributed by atoms with van der Waals surface area (Å²) in [6, 6.07) is 2.07. The zero-order valence-corrected chi connectivity index (χ0v) is 10.5. The first-order chi connectivity index (χ1) is 8.15. The molecule has 1 amide bonds. The van der Waals surface area contributed by atoms with Gasteiger partial charge in [-0.05, 0) is 32.8 Å². The van der Waals surface area contributed by atoms with Gasteiger partial charge in [0.1, 0.15) is 11.5 Å². The lowest BCUT2D eigenvalue weighted by Gasteiger charge is -2.22. The summed E-state index contributed by atoms with van der Waals surface area (Å²) in [5.74, 6) is 0.587. The van der Waals surface area contributed by atoms with E-state index in [4.69, 9.17) is 0 Å². The number of nitrogens with zero attached hydrogens (tertiary/aromatic N) is 2. The SMILES string of the molecule is Cc1cc(C(=O)NC2CCCCC2)nc(C)n1. The Balaban J connectivity index is 2.03. The summed E-state index contributed by atoms with van der Waals surface area (Å²) in [7, 11) is 0. The van der Waals surface area contributed by atoms with Gasteiger partial charge in [-0.3, -0.25) is 4.79 Å². The predicted molar refractivity (Wildman–Crippen MR) is 65.8 cm³/mol. The van der Waals surface area contributed by atoms with Gasteiger partial charge in [-0.1, -0.05) is 19.3 Å². The van der Waals surface area contributed by atoms with Crippen molar-refractivity contribution < 1.29 is 4.79 Å². The van der Waals surface area contributed by atoms with Crippen molar-refractivity contribution in [1.82, 2.24) is 15.3 Å². The fourth-order valence-corrected chi connectivity index (χ4v) is 2.34. The Morgan fingerprint density at radius 1 is 1.24 bits per heavy atom. The lowest BCUT2D eigenvalue weighted by atomic mass is 9.95. The molecular weight excluding hydrogens is 214 g/mol. The van der Waals surface area contributed by atoms with Crippen molar-refractivity contribution in [2.45, 2.75) is 52.0 Å². The lowest BCUT2D eigenvalue weighted by molar-refractivity contribution is 0.0922. The number of nitrogens with one attached hydrogen (secondary N) is 1. The molecule has 17 heavy (non-hydrogen) atoms. The topological polar surface area (TPSA) is 54.9 Å². The quantitative estimate of drug-likeness (QED) is 0.851. The normalized spacial score (nSPS) is 16.8. The van der Waals surface area contributed by atoms with E-state index < -0.39 is 0 Å². The van der Waals surface area contributed by atoms with Crippen molar-refractivity contribution in [1.29, 1.82) is 0 Å². The van der Waals surface area contributed by atoms with Crippen molar-refractivity contribution in [3.63, 3.8) is 0 Å². The summed E-state index contributed by atoms with van der Waals surface area (Å²) in [6.07, 6.45) is 5.90. The van der Waals surface area contributed by atoms with Crippen LogP contribution in [0.5, 0.6) is 0 Å². The molecular formula is C13H19N3O. The van der Waals surface area contributed by atoms with Crippen molar-refractivity contribution in [2.24, 2.45) is 0 Å². The second-order valence-electron chi connectivity index (χ2n) is 4.75. The van der Waals surface area contributed by atoms with Crippen LogP contribution in [0.25, 0.3) is 0 Å². The van der Waals surface area contributed by atoms with Gasteiger partial charge in [0.15, 0.2) is 0 Å². The van der Waals surface area contributed by atoms with Crippen LogP contribution in [0.3, 0.4) is 0 Å². The molecule has 1 saturated carbocycles. The van der Waals surface area contributed by atoms with E-state index in [0.717, 1.165) is 18.5 Å². The molecule has 1 aromatic rings. The molecule has 0 aromatic carbocycles. The highest BCUT2D eigenvalue weighted by Gasteiger charge is 2.17. The van der Waals surface area contributed by atoms with Crippen molar-refractivity contribution in [2.75, 3.05) is 0 Å². The maximum Gasteiger partial charge on any atom is 0.270 e. The molecule has 0 atom stereocenters. The molecule has 0 spiro atoms. The van der Waals surface area contributed by atoms with E-state index >= 15 is 0 Å². The second-order valence-corrected chi connectivity index (χ2v) is 4.75. The van der Waals surface area contributed by atoms with Crippen molar-refractivity contribution in [3.05, 3.63) is 23.3 Å². The van der Waals surface area contributed by atoms with Crippen LogP contribution in [0.15, 0.2) is 6.07 Å². The Bertz CT molecular complexity index is 391. The average Bonchev–Trinajstić information content (AvgIpc) is 2.29. The van der Waals surface area contributed by atoms with Gasteiger partial charge < -0.3 is 5.32 Å². The molecule has 0 unspecified atom stereocenters. The Morgan fingerprint density at radius 3 is 2.59 bits per heavy atom. The Morgan fingerprint density at radius 2 is 1.94 bits per heavy atom. The number of carbonyl (C=O) groups excluding carboxylic acids is 1. The smallest absolute Gasteiger partial charge is 0.270 e. The minimum absolute atomic E-state index is 0.0644. The second kappa shape index (κ2) is 5.25. The lowest BCUT2D eigenvalue weighted by Crippen LogP contribution is -2.36. The zero-order chi connectivity index (χ0) is 12.3. The minimum atomic E-state index is -0.0644. The maximum absolute atomic E-state index is 12.0. The van der Waals surface area contributed by atoms with E-state index in [2.05, 4.69) is 15.3 Å². The van der Waals surface area contributed by atoms with Gasteiger partial charge in [0.2, 0.25) is 0 Å².